The third-order valence-corrected chi connectivity index (χ3v) is 6.04. The normalized spacial score (nSPS) is 15.3. The maximum atomic E-state index is 13.1. The average molecular weight is 470 g/mol. The van der Waals surface area contributed by atoms with Gasteiger partial charge >= 0.3 is 6.03 Å². The molecule has 0 saturated carbocycles. The van der Waals surface area contributed by atoms with Gasteiger partial charge in [-0.15, -0.1) is 0 Å². The summed E-state index contributed by atoms with van der Waals surface area (Å²) in [6, 6.07) is 8.14. The first kappa shape index (κ1) is 23.5. The number of nitrogens with one attached hydrogen (secondary N) is 2. The van der Waals surface area contributed by atoms with Crippen molar-refractivity contribution in [2.45, 2.75) is 32.9 Å². The molecule has 34 heavy (non-hydrogen) atoms. The summed E-state index contributed by atoms with van der Waals surface area (Å²) < 4.78 is 21.9. The quantitative estimate of drug-likeness (QED) is 0.674. The number of methoxy groups -OCH3 is 2. The van der Waals surface area contributed by atoms with E-state index in [0.717, 1.165) is 11.1 Å². The number of fused-ring (bicyclic) bond motifs is 2. The molecule has 0 saturated heterocycles. The van der Waals surface area contributed by atoms with Crippen molar-refractivity contribution >= 4 is 17.6 Å². The largest absolute Gasteiger partial charge is 0.493 e. The summed E-state index contributed by atoms with van der Waals surface area (Å²) >= 11 is 0. The number of hydrogen-bond acceptors (Lipinski definition) is 6. The summed E-state index contributed by atoms with van der Waals surface area (Å²) in [6.45, 7) is 5.74. The Kier molecular flexibility index (Phi) is 7.00. The van der Waals surface area contributed by atoms with Crippen molar-refractivity contribution < 1.29 is 28.5 Å². The van der Waals surface area contributed by atoms with Crippen LogP contribution in [0.1, 0.15) is 25.0 Å². The number of ether oxygens (including phenoxy) is 4. The van der Waals surface area contributed by atoms with E-state index in [9.17, 15) is 9.59 Å². The average Bonchev–Trinajstić information content (AvgIpc) is 2.85. The summed E-state index contributed by atoms with van der Waals surface area (Å²) in [6.07, 6.45) is 0.693. The molecule has 1 unspecified atom stereocenters. The fourth-order valence-corrected chi connectivity index (χ4v) is 4.16. The predicted octanol–water partition coefficient (Wildman–Crippen LogP) is 3.21. The Morgan fingerprint density at radius 2 is 1.65 bits per heavy atom. The molecule has 0 aliphatic carbocycles. The molecule has 0 radical (unpaired) electrons. The van der Waals surface area contributed by atoms with E-state index in [1.54, 1.807) is 37.3 Å². The molecular formula is C25H31N3O6. The van der Waals surface area contributed by atoms with Gasteiger partial charge in [-0.05, 0) is 47.7 Å². The number of amides is 3. The zero-order valence-corrected chi connectivity index (χ0v) is 20.0. The van der Waals surface area contributed by atoms with Gasteiger partial charge in [0.25, 0.3) is 0 Å². The molecule has 1 atom stereocenters. The lowest BCUT2D eigenvalue weighted by Gasteiger charge is -2.32. The first-order chi connectivity index (χ1) is 16.4. The molecule has 2 aromatic carbocycles. The summed E-state index contributed by atoms with van der Waals surface area (Å²) in [5.74, 6) is 2.15. The molecular weight excluding hydrogens is 438 g/mol. The Labute approximate surface area is 199 Å². The minimum atomic E-state index is -0.701. The van der Waals surface area contributed by atoms with Gasteiger partial charge in [-0.2, -0.15) is 0 Å². The third kappa shape index (κ3) is 4.98. The third-order valence-electron chi connectivity index (χ3n) is 6.04. The molecule has 0 bridgehead atoms. The predicted molar refractivity (Wildman–Crippen MR) is 127 cm³/mol. The fraction of sp³-hybridized carbons (Fsp3) is 0.440. The summed E-state index contributed by atoms with van der Waals surface area (Å²) in [5.41, 5.74) is 2.71. The smallest absolute Gasteiger partial charge is 0.318 e. The topological polar surface area (TPSA) is 98.4 Å². The lowest BCUT2D eigenvalue weighted by atomic mass is 9.99. The maximum absolute atomic E-state index is 13.1. The number of carbonyl (C=O) groups excluding carboxylic acids is 2. The number of benzene rings is 2. The molecule has 2 aliphatic heterocycles. The van der Waals surface area contributed by atoms with Gasteiger partial charge in [0.1, 0.15) is 19.3 Å². The molecule has 2 N–H and O–H groups in total. The van der Waals surface area contributed by atoms with Crippen molar-refractivity contribution in [2.75, 3.05) is 39.3 Å². The van der Waals surface area contributed by atoms with Crippen LogP contribution in [0, 0.1) is 5.92 Å². The lowest BCUT2D eigenvalue weighted by Crippen LogP contribution is -2.52. The van der Waals surface area contributed by atoms with Crippen LogP contribution in [-0.2, 0) is 17.8 Å². The molecule has 0 aromatic heterocycles. The zero-order chi connectivity index (χ0) is 24.2. The summed E-state index contributed by atoms with van der Waals surface area (Å²) in [4.78, 5) is 27.8. The van der Waals surface area contributed by atoms with Crippen LogP contribution in [-0.4, -0.2) is 56.9 Å². The van der Waals surface area contributed by atoms with Crippen LogP contribution >= 0.6 is 0 Å². The minimum Gasteiger partial charge on any atom is -0.493 e. The van der Waals surface area contributed by atoms with E-state index >= 15 is 0 Å². The van der Waals surface area contributed by atoms with Gasteiger partial charge in [-0.25, -0.2) is 4.79 Å². The van der Waals surface area contributed by atoms with Crippen LogP contribution in [0.2, 0.25) is 0 Å². The number of hydrogen-bond donors (Lipinski definition) is 2. The van der Waals surface area contributed by atoms with Gasteiger partial charge in [0, 0.05) is 24.8 Å². The number of nitrogens with zero attached hydrogens (tertiary/aromatic N) is 1. The standard InChI is InChI=1S/C25H31N3O6/c1-15(2)23(24(29)26-18-5-6-19-22(13-18)34-10-9-33-19)27-25(30)28-8-7-16-11-20(31-3)21(32-4)12-17(16)14-28/h5-6,11-13,15,23H,7-10,14H2,1-4H3,(H,26,29)(H,27,30). The Hall–Kier alpha value is -3.62. The highest BCUT2D eigenvalue weighted by Gasteiger charge is 2.29. The molecule has 3 amide bonds. The Balaban J connectivity index is 1.42. The second-order valence-electron chi connectivity index (χ2n) is 8.67. The molecule has 4 rings (SSSR count). The van der Waals surface area contributed by atoms with Gasteiger partial charge in [0.2, 0.25) is 5.91 Å². The molecule has 2 aromatic rings. The van der Waals surface area contributed by atoms with Crippen LogP contribution in [0.15, 0.2) is 30.3 Å². The van der Waals surface area contributed by atoms with Crippen molar-refractivity contribution in [1.29, 1.82) is 0 Å². The van der Waals surface area contributed by atoms with Crippen molar-refractivity contribution in [2.24, 2.45) is 5.92 Å². The van der Waals surface area contributed by atoms with Crippen LogP contribution in [0.25, 0.3) is 0 Å². The zero-order valence-electron chi connectivity index (χ0n) is 20.0. The first-order valence-corrected chi connectivity index (χ1v) is 11.4. The van der Waals surface area contributed by atoms with Crippen molar-refractivity contribution in [3.8, 4) is 23.0 Å². The number of rotatable bonds is 6. The van der Waals surface area contributed by atoms with E-state index in [1.807, 2.05) is 26.0 Å². The molecule has 9 heteroatoms. The van der Waals surface area contributed by atoms with Gasteiger partial charge in [-0.3, -0.25) is 4.79 Å². The van der Waals surface area contributed by atoms with Crippen molar-refractivity contribution in [1.82, 2.24) is 10.2 Å². The fourth-order valence-electron chi connectivity index (χ4n) is 4.16. The number of carbonyl (C=O) groups is 2. The van der Waals surface area contributed by atoms with E-state index in [4.69, 9.17) is 18.9 Å². The number of anilines is 1. The Morgan fingerprint density at radius 1 is 0.971 bits per heavy atom. The van der Waals surface area contributed by atoms with E-state index in [2.05, 4.69) is 10.6 Å². The van der Waals surface area contributed by atoms with Crippen LogP contribution in [0.4, 0.5) is 10.5 Å². The highest BCUT2D eigenvalue weighted by atomic mass is 16.6. The molecule has 0 spiro atoms. The van der Waals surface area contributed by atoms with Gasteiger partial charge < -0.3 is 34.5 Å². The van der Waals surface area contributed by atoms with E-state index in [1.165, 1.54) is 0 Å². The van der Waals surface area contributed by atoms with Gasteiger partial charge in [0.05, 0.1) is 14.2 Å². The van der Waals surface area contributed by atoms with Gasteiger partial charge in [-0.1, -0.05) is 13.8 Å². The molecule has 0 fully saturated rings. The molecule has 2 heterocycles. The van der Waals surface area contributed by atoms with Crippen LogP contribution < -0.4 is 29.6 Å². The van der Waals surface area contributed by atoms with Gasteiger partial charge in [0.15, 0.2) is 23.0 Å². The maximum Gasteiger partial charge on any atom is 0.318 e. The highest BCUT2D eigenvalue weighted by Crippen LogP contribution is 2.34. The van der Waals surface area contributed by atoms with Crippen LogP contribution in [0.5, 0.6) is 23.0 Å². The first-order valence-electron chi connectivity index (χ1n) is 11.4. The van der Waals surface area contributed by atoms with E-state index in [-0.39, 0.29) is 17.9 Å². The summed E-state index contributed by atoms with van der Waals surface area (Å²) in [7, 11) is 3.19. The monoisotopic (exact) mass is 469 g/mol. The lowest BCUT2D eigenvalue weighted by molar-refractivity contribution is -0.118. The minimum absolute atomic E-state index is 0.109. The second-order valence-corrected chi connectivity index (χ2v) is 8.67. The second kappa shape index (κ2) is 10.1. The van der Waals surface area contributed by atoms with E-state index < -0.39 is 6.04 Å². The molecule has 2 aliphatic rings. The van der Waals surface area contributed by atoms with E-state index in [0.29, 0.717) is 61.4 Å². The molecule has 182 valence electrons. The van der Waals surface area contributed by atoms with Crippen LogP contribution in [0.3, 0.4) is 0 Å². The SMILES string of the molecule is COc1cc2c(cc1OC)CN(C(=O)NC(C(=O)Nc1ccc3c(c1)OCCO3)C(C)C)CC2. The Morgan fingerprint density at radius 3 is 2.32 bits per heavy atom. The summed E-state index contributed by atoms with van der Waals surface area (Å²) in [5, 5.41) is 5.80. The highest BCUT2D eigenvalue weighted by molar-refractivity contribution is 5.97. The number of urea groups is 1. The van der Waals surface area contributed by atoms with Crippen molar-refractivity contribution in [3.05, 3.63) is 41.5 Å². The molecule has 9 nitrogen and oxygen atoms in total. The van der Waals surface area contributed by atoms with Crippen molar-refractivity contribution in [3.63, 3.8) is 0 Å². The Bertz CT molecular complexity index is 1070.